The highest BCUT2D eigenvalue weighted by Gasteiger charge is 2.13. The molecule has 3 rings (SSSR count). The van der Waals surface area contributed by atoms with Gasteiger partial charge < -0.3 is 15.2 Å². The molecular formula is C18H21N5O. The Morgan fingerprint density at radius 3 is 2.71 bits per heavy atom. The molecule has 0 aliphatic heterocycles. The molecule has 124 valence electrons. The number of carbonyl (C=O) groups is 1. The lowest BCUT2D eigenvalue weighted by atomic mass is 10.2. The number of nitrogens with zero attached hydrogens (tertiary/aromatic N) is 3. The van der Waals surface area contributed by atoms with Gasteiger partial charge >= 0.3 is 6.03 Å². The molecule has 0 aliphatic carbocycles. The number of fused-ring (bicyclic) bond motifs is 1. The van der Waals surface area contributed by atoms with Crippen molar-refractivity contribution in [2.45, 2.75) is 26.4 Å². The second-order valence-corrected chi connectivity index (χ2v) is 5.85. The number of rotatable bonds is 5. The highest BCUT2D eigenvalue weighted by Crippen LogP contribution is 2.23. The molecule has 6 heteroatoms. The third-order valence-electron chi connectivity index (χ3n) is 3.58. The van der Waals surface area contributed by atoms with Crippen molar-refractivity contribution < 1.29 is 4.79 Å². The molecule has 0 saturated carbocycles. The van der Waals surface area contributed by atoms with Crippen LogP contribution in [0.2, 0.25) is 0 Å². The molecule has 0 atom stereocenters. The van der Waals surface area contributed by atoms with Crippen LogP contribution in [0.25, 0.3) is 22.6 Å². The fraction of sp³-hybridized carbons (Fsp3) is 0.278. The Kier molecular flexibility index (Phi) is 4.74. The van der Waals surface area contributed by atoms with Gasteiger partial charge in [-0.1, -0.05) is 30.3 Å². The van der Waals surface area contributed by atoms with Gasteiger partial charge in [0.15, 0.2) is 5.65 Å². The number of carbonyl (C=O) groups excluding carboxylic acids is 1. The van der Waals surface area contributed by atoms with Gasteiger partial charge in [0.2, 0.25) is 0 Å². The van der Waals surface area contributed by atoms with Crippen molar-refractivity contribution >= 4 is 17.2 Å². The molecule has 0 fully saturated rings. The van der Waals surface area contributed by atoms with Crippen molar-refractivity contribution in [2.75, 3.05) is 6.54 Å². The van der Waals surface area contributed by atoms with Crippen molar-refractivity contribution in [1.29, 1.82) is 0 Å². The predicted octanol–water partition coefficient (Wildman–Crippen LogP) is 2.81. The van der Waals surface area contributed by atoms with Crippen LogP contribution in [0.5, 0.6) is 0 Å². The number of hydrogen-bond donors (Lipinski definition) is 2. The second kappa shape index (κ2) is 7.12. The molecule has 0 spiro atoms. The number of imidazole rings is 1. The van der Waals surface area contributed by atoms with Crippen LogP contribution in [0.1, 0.15) is 13.8 Å². The first-order chi connectivity index (χ1) is 11.6. The van der Waals surface area contributed by atoms with Crippen LogP contribution >= 0.6 is 0 Å². The fourth-order valence-corrected chi connectivity index (χ4v) is 2.57. The molecule has 0 radical (unpaired) electrons. The summed E-state index contributed by atoms with van der Waals surface area (Å²) >= 11 is 0. The van der Waals surface area contributed by atoms with Crippen molar-refractivity contribution in [2.24, 2.45) is 0 Å². The second-order valence-electron chi connectivity index (χ2n) is 5.85. The summed E-state index contributed by atoms with van der Waals surface area (Å²) < 4.78 is 2.04. The van der Waals surface area contributed by atoms with E-state index in [2.05, 4.69) is 15.6 Å². The molecule has 1 aromatic carbocycles. The maximum atomic E-state index is 11.7. The molecule has 0 bridgehead atoms. The van der Waals surface area contributed by atoms with Crippen LogP contribution in [-0.2, 0) is 6.54 Å². The first-order valence-corrected chi connectivity index (χ1v) is 8.06. The van der Waals surface area contributed by atoms with Gasteiger partial charge in [-0.3, -0.25) is 0 Å². The van der Waals surface area contributed by atoms with Crippen LogP contribution in [0.15, 0.2) is 48.7 Å². The average molecular weight is 323 g/mol. The quantitative estimate of drug-likeness (QED) is 0.758. The number of aromatic nitrogens is 3. The largest absolute Gasteiger partial charge is 0.336 e. The topological polar surface area (TPSA) is 71.8 Å². The summed E-state index contributed by atoms with van der Waals surface area (Å²) in [5, 5.41) is 5.68. The van der Waals surface area contributed by atoms with Crippen LogP contribution in [-0.4, -0.2) is 33.2 Å². The van der Waals surface area contributed by atoms with Gasteiger partial charge in [0.1, 0.15) is 11.3 Å². The summed E-state index contributed by atoms with van der Waals surface area (Å²) in [5.41, 5.74) is 2.70. The zero-order chi connectivity index (χ0) is 16.9. The Labute approximate surface area is 140 Å². The third kappa shape index (κ3) is 3.53. The Morgan fingerprint density at radius 1 is 1.17 bits per heavy atom. The summed E-state index contributed by atoms with van der Waals surface area (Å²) in [4.78, 5) is 20.9. The van der Waals surface area contributed by atoms with Gasteiger partial charge in [0.05, 0.1) is 0 Å². The van der Waals surface area contributed by atoms with Gasteiger partial charge in [-0.2, -0.15) is 0 Å². The zero-order valence-corrected chi connectivity index (χ0v) is 13.9. The molecule has 0 aliphatic rings. The smallest absolute Gasteiger partial charge is 0.315 e. The summed E-state index contributed by atoms with van der Waals surface area (Å²) in [6.45, 7) is 4.96. The summed E-state index contributed by atoms with van der Waals surface area (Å²) in [5.74, 6) is 0.857. The highest BCUT2D eigenvalue weighted by atomic mass is 16.2. The maximum Gasteiger partial charge on any atom is 0.315 e. The Bertz CT molecular complexity index is 826. The first kappa shape index (κ1) is 16.0. The minimum atomic E-state index is -0.163. The molecule has 24 heavy (non-hydrogen) atoms. The normalized spacial score (nSPS) is 11.0. The van der Waals surface area contributed by atoms with E-state index in [4.69, 9.17) is 4.98 Å². The zero-order valence-electron chi connectivity index (χ0n) is 13.9. The van der Waals surface area contributed by atoms with Crippen molar-refractivity contribution in [1.82, 2.24) is 25.2 Å². The molecule has 2 heterocycles. The molecule has 6 nitrogen and oxygen atoms in total. The highest BCUT2D eigenvalue weighted by molar-refractivity contribution is 5.77. The molecule has 3 aromatic rings. The number of nitrogens with one attached hydrogen (secondary N) is 2. The fourth-order valence-electron chi connectivity index (χ4n) is 2.57. The van der Waals surface area contributed by atoms with Gasteiger partial charge in [0.25, 0.3) is 0 Å². The average Bonchev–Trinajstić information content (AvgIpc) is 2.94. The number of amides is 2. The van der Waals surface area contributed by atoms with E-state index in [0.29, 0.717) is 13.1 Å². The Balaban J connectivity index is 1.84. The van der Waals surface area contributed by atoms with Crippen molar-refractivity contribution in [3.05, 3.63) is 48.7 Å². The number of hydrogen-bond acceptors (Lipinski definition) is 3. The Hall–Kier alpha value is -2.89. The molecule has 2 amide bonds. The number of benzene rings is 1. The van der Waals surface area contributed by atoms with E-state index in [-0.39, 0.29) is 12.1 Å². The summed E-state index contributed by atoms with van der Waals surface area (Å²) in [7, 11) is 0. The number of pyridine rings is 1. The van der Waals surface area contributed by atoms with Gasteiger partial charge in [-0.15, -0.1) is 0 Å². The molecule has 2 N–H and O–H groups in total. The monoisotopic (exact) mass is 323 g/mol. The third-order valence-corrected chi connectivity index (χ3v) is 3.58. The van der Waals surface area contributed by atoms with Crippen molar-refractivity contribution in [3.63, 3.8) is 0 Å². The lowest BCUT2D eigenvalue weighted by molar-refractivity contribution is 0.238. The predicted molar refractivity (Wildman–Crippen MR) is 94.6 cm³/mol. The maximum absolute atomic E-state index is 11.7. The first-order valence-electron chi connectivity index (χ1n) is 8.06. The van der Waals surface area contributed by atoms with Crippen LogP contribution in [0.4, 0.5) is 4.79 Å². The van der Waals surface area contributed by atoms with E-state index < -0.39 is 0 Å². The Morgan fingerprint density at radius 2 is 1.96 bits per heavy atom. The van der Waals surface area contributed by atoms with Crippen LogP contribution in [0.3, 0.4) is 0 Å². The minimum absolute atomic E-state index is 0.112. The van der Waals surface area contributed by atoms with Gasteiger partial charge in [-0.05, 0) is 26.0 Å². The molecule has 0 saturated heterocycles. The van der Waals surface area contributed by atoms with Crippen LogP contribution < -0.4 is 10.6 Å². The molecule has 2 aromatic heterocycles. The van der Waals surface area contributed by atoms with Crippen LogP contribution in [0, 0.1) is 0 Å². The van der Waals surface area contributed by atoms with E-state index in [1.54, 1.807) is 6.20 Å². The summed E-state index contributed by atoms with van der Waals surface area (Å²) in [6, 6.07) is 13.8. The number of urea groups is 1. The lowest BCUT2D eigenvalue weighted by Gasteiger charge is -2.12. The summed E-state index contributed by atoms with van der Waals surface area (Å²) in [6.07, 6.45) is 1.76. The van der Waals surface area contributed by atoms with E-state index in [0.717, 1.165) is 22.6 Å². The molecule has 0 unspecified atom stereocenters. The SMILES string of the molecule is CC(C)NC(=O)NCCn1c(-c2ccccc2)nc2cccnc21. The van der Waals surface area contributed by atoms with E-state index in [1.165, 1.54) is 0 Å². The van der Waals surface area contributed by atoms with E-state index in [9.17, 15) is 4.79 Å². The van der Waals surface area contributed by atoms with Gasteiger partial charge in [-0.25, -0.2) is 14.8 Å². The van der Waals surface area contributed by atoms with Gasteiger partial charge in [0, 0.05) is 30.9 Å². The standard InChI is InChI=1S/C18H21N5O/c1-13(2)21-18(24)20-11-12-23-16(14-7-4-3-5-8-14)22-15-9-6-10-19-17(15)23/h3-10,13H,11-12H2,1-2H3,(H2,20,21,24). The van der Waals surface area contributed by atoms with E-state index >= 15 is 0 Å². The molecular weight excluding hydrogens is 302 g/mol. The van der Waals surface area contributed by atoms with Crippen molar-refractivity contribution in [3.8, 4) is 11.4 Å². The lowest BCUT2D eigenvalue weighted by Crippen LogP contribution is -2.40. The van der Waals surface area contributed by atoms with E-state index in [1.807, 2.05) is 60.9 Å². The minimum Gasteiger partial charge on any atom is -0.336 e.